The Labute approximate surface area is 161 Å². The van der Waals surface area contributed by atoms with Crippen molar-refractivity contribution in [3.63, 3.8) is 0 Å². The van der Waals surface area contributed by atoms with Crippen LogP contribution in [0.1, 0.15) is 25.3 Å². The molecule has 0 saturated carbocycles. The molecule has 2 aromatic rings. The summed E-state index contributed by atoms with van der Waals surface area (Å²) in [6, 6.07) is 11.9. The first-order valence-corrected chi connectivity index (χ1v) is 9.46. The zero-order chi connectivity index (χ0) is 19.3. The Bertz CT molecular complexity index is 684. The lowest BCUT2D eigenvalue weighted by molar-refractivity contribution is -0.130. The van der Waals surface area contributed by atoms with Gasteiger partial charge in [-0.2, -0.15) is 5.10 Å². The van der Waals surface area contributed by atoms with E-state index in [9.17, 15) is 4.79 Å². The summed E-state index contributed by atoms with van der Waals surface area (Å²) in [5.41, 5.74) is 1.13. The second-order valence-electron chi connectivity index (χ2n) is 6.30. The van der Waals surface area contributed by atoms with Crippen LogP contribution in [0.5, 0.6) is 0 Å². The zero-order valence-corrected chi connectivity index (χ0v) is 16.3. The molecule has 0 atom stereocenters. The fraction of sp³-hybridized carbons (Fsp3) is 0.450. The average molecular weight is 371 g/mol. The highest BCUT2D eigenvalue weighted by Crippen LogP contribution is 2.03. The summed E-state index contributed by atoms with van der Waals surface area (Å²) >= 11 is 0. The Morgan fingerprint density at radius 2 is 2.04 bits per heavy atom. The number of benzene rings is 1. The molecule has 2 N–H and O–H groups in total. The normalized spacial score (nSPS) is 11.3. The number of aryl methyl sites for hydroxylation is 1. The summed E-state index contributed by atoms with van der Waals surface area (Å²) in [7, 11) is 1.84. The first-order valence-electron chi connectivity index (χ1n) is 9.46. The topological polar surface area (TPSA) is 74.5 Å². The molecule has 27 heavy (non-hydrogen) atoms. The average Bonchev–Trinajstić information content (AvgIpc) is 3.19. The molecular formula is C20H30N6O. The molecule has 0 aliphatic carbocycles. The number of aromatic nitrogens is 2. The lowest BCUT2D eigenvalue weighted by atomic mass is 10.2. The summed E-state index contributed by atoms with van der Waals surface area (Å²) in [5.74, 6) is 0.859. The van der Waals surface area contributed by atoms with Crippen LogP contribution in [-0.4, -0.2) is 53.2 Å². The van der Waals surface area contributed by atoms with Gasteiger partial charge in [0.05, 0.1) is 0 Å². The van der Waals surface area contributed by atoms with E-state index in [-0.39, 0.29) is 5.91 Å². The van der Waals surface area contributed by atoms with Crippen molar-refractivity contribution in [3.05, 3.63) is 54.4 Å². The van der Waals surface area contributed by atoms with Crippen LogP contribution in [0.2, 0.25) is 0 Å². The molecule has 0 bridgehead atoms. The molecule has 7 heteroatoms. The quantitative estimate of drug-likeness (QED) is 0.380. The standard InChI is InChI=1S/C20H30N6O/c1-3-21-20(22-12-7-15-26-16-8-13-24-26)23-14-11-19(27)25(2)17-18-9-5-4-6-10-18/h4-6,8-10,13,16H,3,7,11-12,14-15,17H2,1-2H3,(H2,21,22,23). The molecule has 2 rings (SSSR count). The summed E-state index contributed by atoms with van der Waals surface area (Å²) in [5, 5.41) is 10.6. The number of hydrogen-bond acceptors (Lipinski definition) is 3. The fourth-order valence-corrected chi connectivity index (χ4v) is 2.62. The predicted molar refractivity (Wildman–Crippen MR) is 108 cm³/mol. The molecule has 1 amide bonds. The molecular weight excluding hydrogens is 340 g/mol. The lowest BCUT2D eigenvalue weighted by Crippen LogP contribution is -2.39. The van der Waals surface area contributed by atoms with Crippen molar-refractivity contribution in [2.45, 2.75) is 32.9 Å². The SMILES string of the molecule is CCNC(=NCCCn1cccn1)NCCC(=O)N(C)Cc1ccccc1. The van der Waals surface area contributed by atoms with E-state index in [1.807, 2.05) is 61.2 Å². The number of carbonyl (C=O) groups is 1. The smallest absolute Gasteiger partial charge is 0.224 e. The van der Waals surface area contributed by atoms with Crippen molar-refractivity contribution in [1.82, 2.24) is 25.3 Å². The Kier molecular flexibility index (Phi) is 8.89. The van der Waals surface area contributed by atoms with Crippen LogP contribution in [0.25, 0.3) is 0 Å². The minimum atomic E-state index is 0.112. The Hall–Kier alpha value is -2.83. The van der Waals surface area contributed by atoms with Crippen LogP contribution < -0.4 is 10.6 Å². The van der Waals surface area contributed by atoms with Gasteiger partial charge in [-0.3, -0.25) is 14.5 Å². The van der Waals surface area contributed by atoms with Gasteiger partial charge in [-0.25, -0.2) is 0 Å². The minimum Gasteiger partial charge on any atom is -0.357 e. The van der Waals surface area contributed by atoms with Crippen molar-refractivity contribution < 1.29 is 4.79 Å². The van der Waals surface area contributed by atoms with Crippen molar-refractivity contribution in [2.75, 3.05) is 26.7 Å². The molecule has 1 aromatic carbocycles. The Morgan fingerprint density at radius 3 is 2.74 bits per heavy atom. The van der Waals surface area contributed by atoms with Crippen LogP contribution in [0.3, 0.4) is 0 Å². The van der Waals surface area contributed by atoms with E-state index in [4.69, 9.17) is 0 Å². The summed E-state index contributed by atoms with van der Waals surface area (Å²) in [6.07, 6.45) is 5.07. The zero-order valence-electron chi connectivity index (χ0n) is 16.3. The van der Waals surface area contributed by atoms with E-state index >= 15 is 0 Å². The van der Waals surface area contributed by atoms with Crippen LogP contribution in [-0.2, 0) is 17.9 Å². The third-order valence-corrected chi connectivity index (χ3v) is 4.04. The largest absolute Gasteiger partial charge is 0.357 e. The van der Waals surface area contributed by atoms with Gasteiger partial charge >= 0.3 is 0 Å². The third-order valence-electron chi connectivity index (χ3n) is 4.04. The number of carbonyl (C=O) groups excluding carboxylic acids is 1. The van der Waals surface area contributed by atoms with Gasteiger partial charge in [0.1, 0.15) is 0 Å². The lowest BCUT2D eigenvalue weighted by Gasteiger charge is -2.18. The number of nitrogens with one attached hydrogen (secondary N) is 2. The van der Waals surface area contributed by atoms with Gasteiger partial charge < -0.3 is 15.5 Å². The Balaban J connectivity index is 1.69. The number of guanidine groups is 1. The maximum atomic E-state index is 12.3. The molecule has 1 aromatic heterocycles. The van der Waals surface area contributed by atoms with E-state index < -0.39 is 0 Å². The number of nitrogens with zero attached hydrogens (tertiary/aromatic N) is 4. The molecule has 0 fully saturated rings. The maximum absolute atomic E-state index is 12.3. The molecule has 7 nitrogen and oxygen atoms in total. The predicted octanol–water partition coefficient (Wildman–Crippen LogP) is 1.88. The van der Waals surface area contributed by atoms with E-state index in [0.717, 1.165) is 31.0 Å². The van der Waals surface area contributed by atoms with Crippen LogP contribution >= 0.6 is 0 Å². The van der Waals surface area contributed by atoms with E-state index in [0.29, 0.717) is 26.1 Å². The second-order valence-corrected chi connectivity index (χ2v) is 6.30. The van der Waals surface area contributed by atoms with Crippen LogP contribution in [0.4, 0.5) is 0 Å². The maximum Gasteiger partial charge on any atom is 0.224 e. The van der Waals surface area contributed by atoms with Gasteiger partial charge in [0.25, 0.3) is 0 Å². The molecule has 0 aliphatic heterocycles. The van der Waals surface area contributed by atoms with Crippen LogP contribution in [0.15, 0.2) is 53.8 Å². The highest BCUT2D eigenvalue weighted by Gasteiger charge is 2.09. The summed E-state index contributed by atoms with van der Waals surface area (Å²) in [6.45, 7) is 5.55. The first-order chi connectivity index (χ1) is 13.2. The number of hydrogen-bond donors (Lipinski definition) is 2. The Morgan fingerprint density at radius 1 is 1.22 bits per heavy atom. The van der Waals surface area contributed by atoms with Gasteiger partial charge in [0, 0.05) is 58.6 Å². The fourth-order valence-electron chi connectivity index (χ4n) is 2.62. The van der Waals surface area contributed by atoms with Crippen LogP contribution in [0, 0.1) is 0 Å². The van der Waals surface area contributed by atoms with Gasteiger partial charge in [-0.15, -0.1) is 0 Å². The van der Waals surface area contributed by atoms with Crippen molar-refractivity contribution in [2.24, 2.45) is 4.99 Å². The summed E-state index contributed by atoms with van der Waals surface area (Å²) in [4.78, 5) is 18.6. The number of rotatable bonds is 10. The van der Waals surface area contributed by atoms with Gasteiger partial charge in [0.15, 0.2) is 5.96 Å². The highest BCUT2D eigenvalue weighted by atomic mass is 16.2. The molecule has 0 spiro atoms. The van der Waals surface area contributed by atoms with Gasteiger partial charge in [0.2, 0.25) is 5.91 Å². The van der Waals surface area contributed by atoms with E-state index in [2.05, 4.69) is 20.7 Å². The molecule has 0 aliphatic rings. The van der Waals surface area contributed by atoms with Crippen molar-refractivity contribution in [1.29, 1.82) is 0 Å². The number of aliphatic imine (C=N–C) groups is 1. The van der Waals surface area contributed by atoms with Gasteiger partial charge in [-0.1, -0.05) is 30.3 Å². The second kappa shape index (κ2) is 11.7. The van der Waals surface area contributed by atoms with Crippen molar-refractivity contribution >= 4 is 11.9 Å². The van der Waals surface area contributed by atoms with E-state index in [1.54, 1.807) is 11.1 Å². The van der Waals surface area contributed by atoms with Gasteiger partial charge in [-0.05, 0) is 25.0 Å². The molecule has 0 radical (unpaired) electrons. The summed E-state index contributed by atoms with van der Waals surface area (Å²) < 4.78 is 1.90. The number of amides is 1. The minimum absolute atomic E-state index is 0.112. The van der Waals surface area contributed by atoms with Crippen molar-refractivity contribution in [3.8, 4) is 0 Å². The third kappa shape index (κ3) is 7.94. The van der Waals surface area contributed by atoms with E-state index in [1.165, 1.54) is 0 Å². The highest BCUT2D eigenvalue weighted by molar-refractivity contribution is 5.81. The molecule has 0 saturated heterocycles. The molecule has 1 heterocycles. The monoisotopic (exact) mass is 370 g/mol. The molecule has 0 unspecified atom stereocenters. The first kappa shape index (κ1) is 20.5. The molecule has 146 valence electrons.